The molecule has 0 heterocycles. The summed E-state index contributed by atoms with van der Waals surface area (Å²) in [5.74, 6) is 1.99. The average Bonchev–Trinajstić information content (AvgIpc) is 2.04. The summed E-state index contributed by atoms with van der Waals surface area (Å²) in [6.07, 6.45) is 5.20. The van der Waals surface area contributed by atoms with E-state index in [1.165, 1.54) is 0 Å². The molecule has 0 rings (SSSR count). The topological polar surface area (TPSA) is 60.7 Å². The molecule has 0 spiro atoms. The smallest absolute Gasteiger partial charge is 0.148 e. The SMILES string of the molecule is C#CC(O)(CO)CC(C)CO. The van der Waals surface area contributed by atoms with Gasteiger partial charge in [-0.1, -0.05) is 12.8 Å². The van der Waals surface area contributed by atoms with Gasteiger partial charge in [0, 0.05) is 6.61 Å². The summed E-state index contributed by atoms with van der Waals surface area (Å²) in [6, 6.07) is 0. The normalized spacial score (nSPS) is 18.5. The van der Waals surface area contributed by atoms with Crippen molar-refractivity contribution in [1.82, 2.24) is 0 Å². The van der Waals surface area contributed by atoms with E-state index in [1.54, 1.807) is 6.92 Å². The Morgan fingerprint density at radius 2 is 2.09 bits per heavy atom. The molecular weight excluding hydrogens is 144 g/mol. The molecule has 2 unspecified atom stereocenters. The lowest BCUT2D eigenvalue weighted by Crippen LogP contribution is -2.34. The van der Waals surface area contributed by atoms with Crippen molar-refractivity contribution in [3.8, 4) is 12.3 Å². The van der Waals surface area contributed by atoms with E-state index in [2.05, 4.69) is 5.92 Å². The Hall–Kier alpha value is -0.560. The summed E-state index contributed by atoms with van der Waals surface area (Å²) in [4.78, 5) is 0. The van der Waals surface area contributed by atoms with Gasteiger partial charge < -0.3 is 15.3 Å². The number of hydrogen-bond acceptors (Lipinski definition) is 3. The molecule has 2 atom stereocenters. The second kappa shape index (κ2) is 4.35. The summed E-state index contributed by atoms with van der Waals surface area (Å²) < 4.78 is 0. The minimum absolute atomic E-state index is 0.0377. The van der Waals surface area contributed by atoms with Gasteiger partial charge in [0.2, 0.25) is 0 Å². The van der Waals surface area contributed by atoms with Gasteiger partial charge >= 0.3 is 0 Å². The molecule has 3 heteroatoms. The Balaban J connectivity index is 3.99. The molecule has 3 nitrogen and oxygen atoms in total. The number of rotatable bonds is 4. The standard InChI is InChI=1S/C8H14O3/c1-3-8(11,6-10)4-7(2)5-9/h1,7,9-11H,4-6H2,2H3. The van der Waals surface area contributed by atoms with Crippen LogP contribution < -0.4 is 0 Å². The molecule has 0 aliphatic rings. The maximum Gasteiger partial charge on any atom is 0.148 e. The van der Waals surface area contributed by atoms with E-state index in [0.717, 1.165) is 0 Å². The second-order valence-corrected chi connectivity index (χ2v) is 2.83. The van der Waals surface area contributed by atoms with Crippen molar-refractivity contribution < 1.29 is 15.3 Å². The summed E-state index contributed by atoms with van der Waals surface area (Å²) in [6.45, 7) is 1.25. The van der Waals surface area contributed by atoms with Gasteiger partial charge in [0.15, 0.2) is 0 Å². The molecule has 0 saturated heterocycles. The molecule has 0 saturated carbocycles. The van der Waals surface area contributed by atoms with Gasteiger partial charge in [0.25, 0.3) is 0 Å². The third-order valence-electron chi connectivity index (χ3n) is 1.53. The van der Waals surface area contributed by atoms with Crippen LogP contribution in [0.5, 0.6) is 0 Å². The summed E-state index contributed by atoms with van der Waals surface area (Å²) in [7, 11) is 0. The largest absolute Gasteiger partial charge is 0.396 e. The maximum atomic E-state index is 9.33. The fourth-order valence-electron chi connectivity index (χ4n) is 0.810. The fourth-order valence-corrected chi connectivity index (χ4v) is 0.810. The van der Waals surface area contributed by atoms with E-state index >= 15 is 0 Å². The number of terminal acetylenes is 1. The molecule has 0 amide bonds. The highest BCUT2D eigenvalue weighted by atomic mass is 16.3. The van der Waals surface area contributed by atoms with Crippen molar-refractivity contribution in [3.63, 3.8) is 0 Å². The second-order valence-electron chi connectivity index (χ2n) is 2.83. The first kappa shape index (κ1) is 10.4. The molecule has 0 aromatic carbocycles. The van der Waals surface area contributed by atoms with E-state index in [9.17, 15) is 5.11 Å². The van der Waals surface area contributed by atoms with Crippen molar-refractivity contribution in [2.45, 2.75) is 18.9 Å². The van der Waals surface area contributed by atoms with E-state index < -0.39 is 12.2 Å². The van der Waals surface area contributed by atoms with Gasteiger partial charge in [-0.05, 0) is 12.3 Å². The quantitative estimate of drug-likeness (QED) is 0.477. The molecule has 3 N–H and O–H groups in total. The van der Waals surface area contributed by atoms with E-state index in [1.807, 2.05) is 0 Å². The van der Waals surface area contributed by atoms with Crippen LogP contribution in [-0.4, -0.2) is 34.1 Å². The van der Waals surface area contributed by atoms with E-state index in [0.29, 0.717) is 0 Å². The molecule has 0 aromatic heterocycles. The van der Waals surface area contributed by atoms with E-state index in [4.69, 9.17) is 16.6 Å². The minimum Gasteiger partial charge on any atom is -0.396 e. The van der Waals surface area contributed by atoms with Crippen LogP contribution in [0.2, 0.25) is 0 Å². The zero-order chi connectivity index (χ0) is 8.91. The summed E-state index contributed by atoms with van der Waals surface area (Å²) in [5, 5.41) is 26.6. The van der Waals surface area contributed by atoms with Crippen molar-refractivity contribution in [2.75, 3.05) is 13.2 Å². The maximum absolute atomic E-state index is 9.33. The molecule has 64 valence electrons. The Morgan fingerprint density at radius 1 is 1.55 bits per heavy atom. The van der Waals surface area contributed by atoms with Crippen molar-refractivity contribution in [1.29, 1.82) is 0 Å². The van der Waals surface area contributed by atoms with Gasteiger partial charge in [-0.25, -0.2) is 0 Å². The predicted octanol–water partition coefficient (Wildman–Crippen LogP) is -0.639. The third kappa shape index (κ3) is 3.38. The van der Waals surface area contributed by atoms with Gasteiger partial charge in [0.05, 0.1) is 6.61 Å². The molecule has 0 radical (unpaired) electrons. The van der Waals surface area contributed by atoms with Crippen LogP contribution in [0, 0.1) is 18.3 Å². The first-order valence-electron chi connectivity index (χ1n) is 3.50. The van der Waals surface area contributed by atoms with Crippen LogP contribution in [-0.2, 0) is 0 Å². The summed E-state index contributed by atoms with van der Waals surface area (Å²) >= 11 is 0. The Morgan fingerprint density at radius 3 is 2.36 bits per heavy atom. The number of hydrogen-bond donors (Lipinski definition) is 3. The molecular formula is C8H14O3. The molecule has 0 aliphatic heterocycles. The van der Waals surface area contributed by atoms with Gasteiger partial charge in [-0.2, -0.15) is 0 Å². The lowest BCUT2D eigenvalue weighted by Gasteiger charge is -2.21. The van der Waals surface area contributed by atoms with Gasteiger partial charge in [-0.3, -0.25) is 0 Å². The van der Waals surface area contributed by atoms with Crippen LogP contribution in [0.15, 0.2) is 0 Å². The highest BCUT2D eigenvalue weighted by Crippen LogP contribution is 2.14. The number of aliphatic hydroxyl groups is 3. The zero-order valence-electron chi connectivity index (χ0n) is 6.62. The van der Waals surface area contributed by atoms with Crippen molar-refractivity contribution in [3.05, 3.63) is 0 Å². The fraction of sp³-hybridized carbons (Fsp3) is 0.750. The molecule has 0 aromatic rings. The Kier molecular flexibility index (Phi) is 4.12. The van der Waals surface area contributed by atoms with Crippen LogP contribution in [0.3, 0.4) is 0 Å². The van der Waals surface area contributed by atoms with Gasteiger partial charge in [0.1, 0.15) is 5.60 Å². The predicted molar refractivity (Wildman–Crippen MR) is 41.7 cm³/mol. The minimum atomic E-state index is -1.47. The van der Waals surface area contributed by atoms with Crippen molar-refractivity contribution >= 4 is 0 Å². The highest BCUT2D eigenvalue weighted by Gasteiger charge is 2.24. The third-order valence-corrected chi connectivity index (χ3v) is 1.53. The van der Waals surface area contributed by atoms with Gasteiger partial charge in [-0.15, -0.1) is 6.42 Å². The molecule has 0 fully saturated rings. The van der Waals surface area contributed by atoms with Crippen LogP contribution in [0.25, 0.3) is 0 Å². The Bertz CT molecular complexity index is 150. The van der Waals surface area contributed by atoms with Crippen LogP contribution >= 0.6 is 0 Å². The van der Waals surface area contributed by atoms with Crippen molar-refractivity contribution in [2.24, 2.45) is 5.92 Å². The lowest BCUT2D eigenvalue weighted by atomic mass is 9.93. The summed E-state index contributed by atoms with van der Waals surface area (Å²) in [5.41, 5.74) is -1.47. The zero-order valence-corrected chi connectivity index (χ0v) is 6.62. The molecule has 11 heavy (non-hydrogen) atoms. The first-order chi connectivity index (χ1) is 5.08. The van der Waals surface area contributed by atoms with Crippen LogP contribution in [0.4, 0.5) is 0 Å². The Labute approximate surface area is 66.7 Å². The highest BCUT2D eigenvalue weighted by molar-refractivity contribution is 5.07. The van der Waals surface area contributed by atoms with Crippen LogP contribution in [0.1, 0.15) is 13.3 Å². The lowest BCUT2D eigenvalue weighted by molar-refractivity contribution is 0.0107. The number of aliphatic hydroxyl groups excluding tert-OH is 2. The monoisotopic (exact) mass is 158 g/mol. The molecule has 0 bridgehead atoms. The first-order valence-corrected chi connectivity index (χ1v) is 3.50. The molecule has 0 aliphatic carbocycles. The average molecular weight is 158 g/mol. The van der Waals surface area contributed by atoms with E-state index in [-0.39, 0.29) is 18.9 Å².